The van der Waals surface area contributed by atoms with Gasteiger partial charge in [0.25, 0.3) is 0 Å². The molecular weight excluding hydrogens is 547 g/mol. The molecule has 1 N–H and O–H groups in total. The lowest BCUT2D eigenvalue weighted by atomic mass is 9.87. The van der Waals surface area contributed by atoms with E-state index < -0.39 is 5.82 Å². The summed E-state index contributed by atoms with van der Waals surface area (Å²) in [6.45, 7) is 11.2. The standard InChI is InChI=1S/C17H23NO.C9H10FNO.C6H12S.C3H6O/c1-12-6-8-16(9-7-12)18-17(19)15-10-13-4-2-3-5-14(13)11-15;1-3-9(12)8-4-7(10)5-11-6(8)2;1-6-2-4-7-5-3-6;1-3(2)4/h2-5,12,15-16H,6-11H2,1H3,(H,18,19);4-5H,3H2,1-2H3;6H,2-5H2,1H3;1-2H3. The van der Waals surface area contributed by atoms with Crippen LogP contribution < -0.4 is 5.32 Å². The Morgan fingerprint density at radius 2 is 1.45 bits per heavy atom. The van der Waals surface area contributed by atoms with Gasteiger partial charge in [0.1, 0.15) is 11.6 Å². The van der Waals surface area contributed by atoms with Gasteiger partial charge >= 0.3 is 0 Å². The topological polar surface area (TPSA) is 76.1 Å². The molecule has 2 fully saturated rings. The van der Waals surface area contributed by atoms with E-state index in [-0.39, 0.29) is 23.4 Å². The predicted octanol–water partition coefficient (Wildman–Crippen LogP) is 7.96. The molecule has 5 rings (SSSR count). The number of pyridine rings is 1. The Labute approximate surface area is 257 Å². The van der Waals surface area contributed by atoms with Gasteiger partial charge in [0.2, 0.25) is 5.91 Å². The number of hydrogen-bond donors (Lipinski definition) is 1. The molecule has 0 spiro atoms. The van der Waals surface area contributed by atoms with Crippen LogP contribution in [0.15, 0.2) is 36.5 Å². The molecule has 42 heavy (non-hydrogen) atoms. The zero-order valence-corrected chi connectivity index (χ0v) is 27.3. The van der Waals surface area contributed by atoms with Gasteiger partial charge in [-0.1, -0.05) is 45.0 Å². The Bertz CT molecular complexity index is 1110. The summed E-state index contributed by atoms with van der Waals surface area (Å²) < 4.78 is 12.6. The molecule has 1 saturated heterocycles. The Morgan fingerprint density at radius 3 is 1.93 bits per heavy atom. The number of benzene rings is 1. The summed E-state index contributed by atoms with van der Waals surface area (Å²) in [5, 5.41) is 3.28. The fraction of sp³-hybridized carbons (Fsp3) is 0.600. The van der Waals surface area contributed by atoms with Crippen molar-refractivity contribution < 1.29 is 18.8 Å². The van der Waals surface area contributed by atoms with E-state index in [1.54, 1.807) is 13.8 Å². The number of Topliss-reactive ketones (excluding diaryl/α,β-unsaturated/α-hetero) is 2. The number of ketones is 2. The lowest BCUT2D eigenvalue weighted by Gasteiger charge is -2.27. The first-order valence-corrected chi connectivity index (χ1v) is 16.7. The molecule has 5 nitrogen and oxygen atoms in total. The minimum atomic E-state index is -0.461. The minimum absolute atomic E-state index is 0.0699. The summed E-state index contributed by atoms with van der Waals surface area (Å²) in [5.41, 5.74) is 3.69. The van der Waals surface area contributed by atoms with Crippen LogP contribution in [0, 0.1) is 30.5 Å². The van der Waals surface area contributed by atoms with Gasteiger partial charge in [0, 0.05) is 29.6 Å². The average molecular weight is 599 g/mol. The molecule has 3 aliphatic rings. The molecule has 232 valence electrons. The maximum Gasteiger partial charge on any atom is 0.223 e. The number of amides is 1. The third-order valence-electron chi connectivity index (χ3n) is 7.97. The first-order chi connectivity index (χ1) is 20.0. The number of aryl methyl sites for hydroxylation is 1. The lowest BCUT2D eigenvalue weighted by Crippen LogP contribution is -2.41. The second-order valence-corrected chi connectivity index (χ2v) is 13.3. The molecule has 1 aromatic carbocycles. The quantitative estimate of drug-likeness (QED) is 0.361. The maximum absolute atomic E-state index is 12.6. The van der Waals surface area contributed by atoms with E-state index in [2.05, 4.69) is 60.2 Å². The lowest BCUT2D eigenvalue weighted by molar-refractivity contribution is -0.125. The second kappa shape index (κ2) is 18.9. The smallest absolute Gasteiger partial charge is 0.223 e. The highest BCUT2D eigenvalue weighted by Gasteiger charge is 2.29. The summed E-state index contributed by atoms with van der Waals surface area (Å²) in [6, 6.07) is 10.1. The van der Waals surface area contributed by atoms with Crippen molar-refractivity contribution in [2.24, 2.45) is 17.8 Å². The largest absolute Gasteiger partial charge is 0.353 e. The SMILES string of the molecule is CC(C)=O.CC1CCC(NC(=O)C2Cc3ccccc3C2)CC1.CC1CCSCC1.CCC(=O)c1cc(F)cnc1C. The summed E-state index contributed by atoms with van der Waals surface area (Å²) in [5.74, 6) is 4.73. The highest BCUT2D eigenvalue weighted by atomic mass is 32.2. The molecule has 0 atom stereocenters. The van der Waals surface area contributed by atoms with Crippen LogP contribution in [-0.2, 0) is 22.4 Å². The van der Waals surface area contributed by atoms with Crippen molar-refractivity contribution in [3.63, 3.8) is 0 Å². The molecule has 2 heterocycles. The maximum atomic E-state index is 12.6. The highest BCUT2D eigenvalue weighted by molar-refractivity contribution is 7.99. The van der Waals surface area contributed by atoms with Crippen LogP contribution in [0.5, 0.6) is 0 Å². The van der Waals surface area contributed by atoms with E-state index in [1.807, 2.05) is 0 Å². The molecule has 0 unspecified atom stereocenters. The van der Waals surface area contributed by atoms with E-state index >= 15 is 0 Å². The number of fused-ring (bicyclic) bond motifs is 1. The van der Waals surface area contributed by atoms with Crippen molar-refractivity contribution in [2.45, 2.75) is 105 Å². The fourth-order valence-electron chi connectivity index (χ4n) is 5.26. The van der Waals surface area contributed by atoms with Gasteiger partial charge in [-0.25, -0.2) is 4.39 Å². The van der Waals surface area contributed by atoms with E-state index in [9.17, 15) is 18.8 Å². The van der Waals surface area contributed by atoms with Gasteiger partial charge in [0.05, 0.1) is 6.20 Å². The van der Waals surface area contributed by atoms with Crippen molar-refractivity contribution in [1.82, 2.24) is 10.3 Å². The van der Waals surface area contributed by atoms with Crippen LogP contribution in [0.1, 0.15) is 107 Å². The van der Waals surface area contributed by atoms with Crippen LogP contribution in [0.2, 0.25) is 0 Å². The first kappa shape index (κ1) is 35.7. The van der Waals surface area contributed by atoms with Gasteiger partial charge < -0.3 is 10.1 Å². The van der Waals surface area contributed by atoms with E-state index in [0.29, 0.717) is 23.7 Å². The van der Waals surface area contributed by atoms with Crippen molar-refractivity contribution in [1.29, 1.82) is 0 Å². The molecule has 2 aromatic rings. The molecule has 1 saturated carbocycles. The second-order valence-electron chi connectivity index (χ2n) is 12.1. The van der Waals surface area contributed by atoms with Crippen LogP contribution in [-0.4, -0.2) is 40.0 Å². The fourth-order valence-corrected chi connectivity index (χ4v) is 6.61. The van der Waals surface area contributed by atoms with Gasteiger partial charge in [0.15, 0.2) is 5.78 Å². The van der Waals surface area contributed by atoms with Crippen molar-refractivity contribution in [2.75, 3.05) is 11.5 Å². The summed E-state index contributed by atoms with van der Waals surface area (Å²) >= 11 is 2.10. The molecule has 1 aromatic heterocycles. The monoisotopic (exact) mass is 598 g/mol. The first-order valence-electron chi connectivity index (χ1n) is 15.6. The number of carbonyl (C=O) groups is 3. The van der Waals surface area contributed by atoms with Crippen molar-refractivity contribution in [3.05, 3.63) is 64.7 Å². The molecule has 1 aliphatic heterocycles. The third kappa shape index (κ3) is 13.2. The summed E-state index contributed by atoms with van der Waals surface area (Å²) in [7, 11) is 0. The number of thioether (sulfide) groups is 1. The molecule has 7 heteroatoms. The Hall–Kier alpha value is -2.54. The van der Waals surface area contributed by atoms with Gasteiger partial charge in [-0.2, -0.15) is 11.8 Å². The van der Waals surface area contributed by atoms with Gasteiger partial charge in [-0.3, -0.25) is 14.6 Å². The minimum Gasteiger partial charge on any atom is -0.353 e. The summed E-state index contributed by atoms with van der Waals surface area (Å²) in [4.78, 5) is 36.7. The number of carbonyl (C=O) groups excluding carboxylic acids is 3. The number of nitrogens with one attached hydrogen (secondary N) is 1. The molecule has 1 amide bonds. The number of hydrogen-bond acceptors (Lipinski definition) is 5. The highest BCUT2D eigenvalue weighted by Crippen LogP contribution is 2.28. The molecular formula is C35H51FN2O3S. The van der Waals surface area contributed by atoms with E-state index in [4.69, 9.17) is 0 Å². The van der Waals surface area contributed by atoms with E-state index in [1.165, 1.54) is 68.2 Å². The number of aromatic nitrogens is 1. The Kier molecular flexibility index (Phi) is 16.0. The van der Waals surface area contributed by atoms with Gasteiger partial charge in [-0.05, 0) is 113 Å². The van der Waals surface area contributed by atoms with Crippen LogP contribution in [0.3, 0.4) is 0 Å². The third-order valence-corrected chi connectivity index (χ3v) is 9.02. The Morgan fingerprint density at radius 1 is 0.929 bits per heavy atom. The van der Waals surface area contributed by atoms with Crippen molar-refractivity contribution in [3.8, 4) is 0 Å². The van der Waals surface area contributed by atoms with Crippen molar-refractivity contribution >= 4 is 29.2 Å². The predicted molar refractivity (Wildman–Crippen MR) is 173 cm³/mol. The van der Waals surface area contributed by atoms with Crippen LogP contribution in [0.4, 0.5) is 4.39 Å². The van der Waals surface area contributed by atoms with Gasteiger partial charge in [-0.15, -0.1) is 0 Å². The van der Waals surface area contributed by atoms with Crippen LogP contribution >= 0.6 is 11.8 Å². The number of halogens is 1. The zero-order valence-electron chi connectivity index (χ0n) is 26.5. The zero-order chi connectivity index (χ0) is 31.1. The number of nitrogens with zero attached hydrogens (tertiary/aromatic N) is 1. The summed E-state index contributed by atoms with van der Waals surface area (Å²) in [6.07, 6.45) is 11.1. The normalized spacial score (nSPS) is 19.9. The van der Waals surface area contributed by atoms with Crippen LogP contribution in [0.25, 0.3) is 0 Å². The molecule has 2 aliphatic carbocycles. The average Bonchev–Trinajstić information content (AvgIpc) is 3.41. The Balaban J connectivity index is 0.000000228. The molecule has 0 bridgehead atoms. The number of rotatable bonds is 4. The molecule has 0 radical (unpaired) electrons. The van der Waals surface area contributed by atoms with E-state index in [0.717, 1.165) is 43.7 Å².